The zero-order valence-corrected chi connectivity index (χ0v) is 15.9. The van der Waals surface area contributed by atoms with Gasteiger partial charge in [0.2, 0.25) is 0 Å². The lowest BCUT2D eigenvalue weighted by atomic mass is 9.95. The molecule has 28 heavy (non-hydrogen) atoms. The second-order valence-corrected chi connectivity index (χ2v) is 8.40. The van der Waals surface area contributed by atoms with Gasteiger partial charge in [0, 0.05) is 18.2 Å². The van der Waals surface area contributed by atoms with Crippen LogP contribution >= 0.6 is 0 Å². The lowest BCUT2D eigenvalue weighted by molar-refractivity contribution is -0.385. The van der Waals surface area contributed by atoms with Gasteiger partial charge in [0.1, 0.15) is 0 Å². The summed E-state index contributed by atoms with van der Waals surface area (Å²) in [7, 11) is -4.09. The highest BCUT2D eigenvalue weighted by atomic mass is 32.2. The molecule has 0 bridgehead atoms. The Labute approximate surface area is 163 Å². The summed E-state index contributed by atoms with van der Waals surface area (Å²) < 4.78 is 27.7. The standard InChI is InChI=1S/C19H21N3O5S/c23-19(20-14-7-2-1-3-8-14)17-11-4-5-12-18(17)21-28(26,27)16-10-6-9-15(13-16)22(24)25/h4-6,9-14,21H,1-3,7-8H2,(H,20,23). The van der Waals surface area contributed by atoms with Crippen LogP contribution in [-0.2, 0) is 10.0 Å². The number of nitrogens with one attached hydrogen (secondary N) is 2. The molecule has 1 saturated carbocycles. The Balaban J connectivity index is 1.83. The summed E-state index contributed by atoms with van der Waals surface area (Å²) in [5.74, 6) is -0.343. The molecule has 1 amide bonds. The first-order chi connectivity index (χ1) is 13.4. The van der Waals surface area contributed by atoms with Crippen molar-refractivity contribution >= 4 is 27.3 Å². The molecule has 0 radical (unpaired) electrons. The number of carbonyl (C=O) groups excluding carboxylic acids is 1. The number of amides is 1. The van der Waals surface area contributed by atoms with Crippen LogP contribution in [-0.4, -0.2) is 25.3 Å². The Kier molecular flexibility index (Phi) is 5.93. The minimum atomic E-state index is -4.09. The van der Waals surface area contributed by atoms with Crippen molar-refractivity contribution in [3.8, 4) is 0 Å². The Morgan fingerprint density at radius 2 is 1.75 bits per heavy atom. The summed E-state index contributed by atoms with van der Waals surface area (Å²) in [6.45, 7) is 0. The largest absolute Gasteiger partial charge is 0.349 e. The van der Waals surface area contributed by atoms with Gasteiger partial charge in [-0.05, 0) is 31.0 Å². The predicted octanol–water partition coefficient (Wildman–Crippen LogP) is 3.46. The molecule has 2 aromatic carbocycles. The number of nitro groups is 1. The maximum Gasteiger partial charge on any atom is 0.270 e. The van der Waals surface area contributed by atoms with Crippen LogP contribution in [0.5, 0.6) is 0 Å². The summed E-state index contributed by atoms with van der Waals surface area (Å²) in [5.41, 5.74) is 0.00981. The molecular formula is C19H21N3O5S. The van der Waals surface area contributed by atoms with Gasteiger partial charge in [0.15, 0.2) is 0 Å². The third-order valence-electron chi connectivity index (χ3n) is 4.70. The molecule has 0 unspecified atom stereocenters. The Bertz CT molecular complexity index is 985. The van der Waals surface area contributed by atoms with Gasteiger partial charge in [0.25, 0.3) is 21.6 Å². The lowest BCUT2D eigenvalue weighted by Gasteiger charge is -2.23. The molecule has 0 spiro atoms. The fourth-order valence-electron chi connectivity index (χ4n) is 3.25. The number of para-hydroxylation sites is 1. The summed E-state index contributed by atoms with van der Waals surface area (Å²) in [6.07, 6.45) is 5.10. The molecule has 2 aromatic rings. The zero-order valence-electron chi connectivity index (χ0n) is 15.1. The molecule has 1 aliphatic carbocycles. The molecule has 0 aromatic heterocycles. The SMILES string of the molecule is O=C(NC1CCCCC1)c1ccccc1NS(=O)(=O)c1cccc([N+](=O)[O-])c1. The Hall–Kier alpha value is -2.94. The van der Waals surface area contributed by atoms with Crippen LogP contribution in [0.4, 0.5) is 11.4 Å². The van der Waals surface area contributed by atoms with Gasteiger partial charge in [-0.15, -0.1) is 0 Å². The van der Waals surface area contributed by atoms with Crippen LogP contribution < -0.4 is 10.0 Å². The number of sulfonamides is 1. The highest BCUT2D eigenvalue weighted by molar-refractivity contribution is 7.92. The van der Waals surface area contributed by atoms with Crippen molar-refractivity contribution in [3.05, 3.63) is 64.2 Å². The first kappa shape index (κ1) is 19.8. The van der Waals surface area contributed by atoms with Gasteiger partial charge in [-0.2, -0.15) is 0 Å². The highest BCUT2D eigenvalue weighted by Gasteiger charge is 2.22. The molecule has 1 fully saturated rings. The van der Waals surface area contributed by atoms with Crippen LogP contribution in [0.25, 0.3) is 0 Å². The first-order valence-corrected chi connectivity index (χ1v) is 10.5. The highest BCUT2D eigenvalue weighted by Crippen LogP contribution is 2.24. The van der Waals surface area contributed by atoms with Crippen molar-refractivity contribution in [1.82, 2.24) is 5.32 Å². The van der Waals surface area contributed by atoms with Gasteiger partial charge in [-0.25, -0.2) is 8.42 Å². The van der Waals surface area contributed by atoms with Gasteiger partial charge >= 0.3 is 0 Å². The van der Waals surface area contributed by atoms with E-state index in [4.69, 9.17) is 0 Å². The van der Waals surface area contributed by atoms with E-state index >= 15 is 0 Å². The second kappa shape index (κ2) is 8.39. The van der Waals surface area contributed by atoms with Crippen molar-refractivity contribution in [2.24, 2.45) is 0 Å². The Morgan fingerprint density at radius 1 is 1.04 bits per heavy atom. The number of nitrogens with zero attached hydrogens (tertiary/aromatic N) is 1. The molecule has 3 rings (SSSR count). The number of non-ortho nitro benzene ring substituents is 1. The number of hydrogen-bond donors (Lipinski definition) is 2. The number of carbonyl (C=O) groups is 1. The topological polar surface area (TPSA) is 118 Å². The molecule has 9 heteroatoms. The molecular weight excluding hydrogens is 382 g/mol. The van der Waals surface area contributed by atoms with E-state index in [1.807, 2.05) is 0 Å². The van der Waals surface area contributed by atoms with E-state index in [1.54, 1.807) is 18.2 Å². The van der Waals surface area contributed by atoms with E-state index in [1.165, 1.54) is 24.3 Å². The first-order valence-electron chi connectivity index (χ1n) is 9.04. The van der Waals surface area contributed by atoms with E-state index in [0.29, 0.717) is 0 Å². The maximum atomic E-state index is 12.7. The predicted molar refractivity (Wildman–Crippen MR) is 105 cm³/mol. The number of hydrogen-bond acceptors (Lipinski definition) is 5. The van der Waals surface area contributed by atoms with E-state index < -0.39 is 14.9 Å². The molecule has 0 aliphatic heterocycles. The number of nitro benzene ring substituents is 1. The average Bonchev–Trinajstić information content (AvgIpc) is 2.69. The van der Waals surface area contributed by atoms with Gasteiger partial charge in [-0.3, -0.25) is 19.6 Å². The zero-order chi connectivity index (χ0) is 20.1. The molecule has 1 aliphatic rings. The van der Waals surface area contributed by atoms with Crippen molar-refractivity contribution < 1.29 is 18.1 Å². The van der Waals surface area contributed by atoms with Crippen LogP contribution in [0.2, 0.25) is 0 Å². The van der Waals surface area contributed by atoms with Crippen molar-refractivity contribution in [2.75, 3.05) is 4.72 Å². The molecule has 0 heterocycles. The summed E-state index contributed by atoms with van der Waals surface area (Å²) in [6, 6.07) is 11.1. The lowest BCUT2D eigenvalue weighted by Crippen LogP contribution is -2.36. The minimum Gasteiger partial charge on any atom is -0.349 e. The average molecular weight is 403 g/mol. The van der Waals surface area contributed by atoms with Crippen LogP contribution in [0.3, 0.4) is 0 Å². The number of rotatable bonds is 6. The minimum absolute atomic E-state index is 0.0858. The van der Waals surface area contributed by atoms with E-state index in [0.717, 1.165) is 38.2 Å². The maximum absolute atomic E-state index is 12.7. The molecule has 8 nitrogen and oxygen atoms in total. The normalized spacial score (nSPS) is 15.0. The van der Waals surface area contributed by atoms with Crippen LogP contribution in [0.15, 0.2) is 53.4 Å². The van der Waals surface area contributed by atoms with Gasteiger partial charge in [0.05, 0.1) is 21.1 Å². The van der Waals surface area contributed by atoms with E-state index in [9.17, 15) is 23.3 Å². The quantitative estimate of drug-likeness (QED) is 0.566. The van der Waals surface area contributed by atoms with Crippen molar-refractivity contribution in [2.45, 2.75) is 43.0 Å². The Morgan fingerprint density at radius 3 is 2.46 bits per heavy atom. The fourth-order valence-corrected chi connectivity index (χ4v) is 4.37. The third-order valence-corrected chi connectivity index (χ3v) is 6.06. The van der Waals surface area contributed by atoms with E-state index in [-0.39, 0.29) is 33.8 Å². The monoisotopic (exact) mass is 403 g/mol. The summed E-state index contributed by atoms with van der Waals surface area (Å²) in [5, 5.41) is 13.9. The molecule has 0 saturated heterocycles. The smallest absolute Gasteiger partial charge is 0.270 e. The number of anilines is 1. The molecule has 148 valence electrons. The van der Waals surface area contributed by atoms with Crippen molar-refractivity contribution in [3.63, 3.8) is 0 Å². The fraction of sp³-hybridized carbons (Fsp3) is 0.316. The van der Waals surface area contributed by atoms with Crippen LogP contribution in [0.1, 0.15) is 42.5 Å². The van der Waals surface area contributed by atoms with Gasteiger partial charge < -0.3 is 5.32 Å². The number of benzene rings is 2. The van der Waals surface area contributed by atoms with Crippen molar-refractivity contribution in [1.29, 1.82) is 0 Å². The third kappa shape index (κ3) is 4.66. The molecule has 0 atom stereocenters. The van der Waals surface area contributed by atoms with Gasteiger partial charge in [-0.1, -0.05) is 37.5 Å². The van der Waals surface area contributed by atoms with Crippen LogP contribution in [0, 0.1) is 10.1 Å². The summed E-state index contributed by atoms with van der Waals surface area (Å²) in [4.78, 5) is 22.7. The second-order valence-electron chi connectivity index (χ2n) is 6.71. The summed E-state index contributed by atoms with van der Waals surface area (Å²) >= 11 is 0. The molecule has 2 N–H and O–H groups in total. The van der Waals surface area contributed by atoms with E-state index in [2.05, 4.69) is 10.0 Å².